The molecular weight excluding hydrogens is 218 g/mol. The zero-order chi connectivity index (χ0) is 11.1. The molecule has 0 saturated heterocycles. The Bertz CT molecular complexity index is 238. The first-order valence-electron chi connectivity index (χ1n) is 4.35. The first kappa shape index (κ1) is 13.6. The summed E-state index contributed by atoms with van der Waals surface area (Å²) in [6.07, 6.45) is 0. The van der Waals surface area contributed by atoms with E-state index in [0.29, 0.717) is 0 Å². The molecule has 0 rings (SSSR count). The summed E-state index contributed by atoms with van der Waals surface area (Å²) in [6, 6.07) is 0. The van der Waals surface area contributed by atoms with Crippen LogP contribution in [0.4, 0.5) is 0 Å². The molecule has 0 heterocycles. The van der Waals surface area contributed by atoms with Gasteiger partial charge in [-0.05, 0) is 18.4 Å². The van der Waals surface area contributed by atoms with Gasteiger partial charge in [0.25, 0.3) is 5.91 Å². The van der Waals surface area contributed by atoms with E-state index >= 15 is 0 Å². The molecule has 0 aromatic rings. The van der Waals surface area contributed by atoms with Crippen LogP contribution in [0.3, 0.4) is 0 Å². The van der Waals surface area contributed by atoms with Gasteiger partial charge in [-0.2, -0.15) is 0 Å². The van der Waals surface area contributed by atoms with Gasteiger partial charge in [0.05, 0.1) is 4.24 Å². The van der Waals surface area contributed by atoms with Gasteiger partial charge in [-0.3, -0.25) is 9.59 Å². The number of thioether (sulfide) groups is 2. The summed E-state index contributed by atoms with van der Waals surface area (Å²) in [4.78, 5) is 22.2. The van der Waals surface area contributed by atoms with Gasteiger partial charge in [0.2, 0.25) is 0 Å². The zero-order valence-electron chi connectivity index (χ0n) is 8.62. The Kier molecular flexibility index (Phi) is 6.74. The summed E-state index contributed by atoms with van der Waals surface area (Å²) >= 11 is 2.97. The van der Waals surface area contributed by atoms with Crippen molar-refractivity contribution in [1.82, 2.24) is 0 Å². The number of Topliss-reactive ketones (excluding diaryl/α,β-unsaturated/α-hetero) is 1. The molecule has 0 aliphatic heterocycles. The molecule has 0 radical (unpaired) electrons. The zero-order valence-corrected chi connectivity index (χ0v) is 10.3. The Morgan fingerprint density at radius 3 is 1.79 bits per heavy atom. The van der Waals surface area contributed by atoms with Crippen molar-refractivity contribution in [2.75, 3.05) is 11.5 Å². The van der Waals surface area contributed by atoms with Gasteiger partial charge in [0, 0.05) is 0 Å². The number of carbonyl (C=O) groups is 2. The van der Waals surface area contributed by atoms with Crippen LogP contribution in [0.5, 0.6) is 0 Å². The van der Waals surface area contributed by atoms with Crippen LogP contribution in [0.1, 0.15) is 20.8 Å². The Morgan fingerprint density at radius 2 is 1.57 bits per heavy atom. The van der Waals surface area contributed by atoms with Gasteiger partial charge >= 0.3 is 0 Å². The van der Waals surface area contributed by atoms with E-state index in [4.69, 9.17) is 5.73 Å². The van der Waals surface area contributed by atoms with Crippen LogP contribution in [0.2, 0.25) is 0 Å². The highest BCUT2D eigenvalue weighted by atomic mass is 32.2. The molecule has 0 fully saturated rings. The van der Waals surface area contributed by atoms with Gasteiger partial charge in [-0.25, -0.2) is 0 Å². The number of carbonyl (C=O) groups excluding carboxylic acids is 2. The second-order valence-corrected chi connectivity index (χ2v) is 5.26. The molecular formula is C9H15NO2S2. The van der Waals surface area contributed by atoms with Crippen molar-refractivity contribution >= 4 is 35.2 Å². The largest absolute Gasteiger partial charge is 0.365 e. The Balaban J connectivity index is 5.03. The van der Waals surface area contributed by atoms with E-state index in [-0.39, 0.29) is 11.4 Å². The highest BCUT2D eigenvalue weighted by Gasteiger charge is 2.17. The smallest absolute Gasteiger partial charge is 0.253 e. The average Bonchev–Trinajstić information content (AvgIpc) is 2.03. The SMILES string of the molecule is CCSC(SCC)=C(C(C)=O)C(N)=O. The molecule has 14 heavy (non-hydrogen) atoms. The van der Waals surface area contributed by atoms with Crippen LogP contribution < -0.4 is 5.73 Å². The fourth-order valence-electron chi connectivity index (χ4n) is 0.866. The molecule has 80 valence electrons. The van der Waals surface area contributed by atoms with Gasteiger partial charge in [0.15, 0.2) is 5.78 Å². The normalized spacial score (nSPS) is 9.64. The van der Waals surface area contributed by atoms with Crippen molar-refractivity contribution in [3.63, 3.8) is 0 Å². The van der Waals surface area contributed by atoms with E-state index < -0.39 is 5.91 Å². The summed E-state index contributed by atoms with van der Waals surface area (Å²) in [5.41, 5.74) is 5.30. The molecule has 0 atom stereocenters. The van der Waals surface area contributed by atoms with Crippen LogP contribution in [-0.2, 0) is 9.59 Å². The second kappa shape index (κ2) is 6.95. The maximum absolute atomic E-state index is 11.2. The predicted octanol–water partition coefficient (Wildman–Crippen LogP) is 1.78. The number of hydrogen-bond acceptors (Lipinski definition) is 4. The van der Waals surface area contributed by atoms with E-state index in [9.17, 15) is 9.59 Å². The van der Waals surface area contributed by atoms with Gasteiger partial charge in [-0.1, -0.05) is 13.8 Å². The number of hydrogen-bond donors (Lipinski definition) is 1. The fraction of sp³-hybridized carbons (Fsp3) is 0.556. The van der Waals surface area contributed by atoms with E-state index in [0.717, 1.165) is 15.7 Å². The van der Waals surface area contributed by atoms with Gasteiger partial charge in [-0.15, -0.1) is 23.5 Å². The molecule has 5 heteroatoms. The first-order chi connectivity index (χ1) is 6.54. The predicted molar refractivity (Wildman–Crippen MR) is 63.2 cm³/mol. The Labute approximate surface area is 92.9 Å². The minimum Gasteiger partial charge on any atom is -0.365 e. The lowest BCUT2D eigenvalue weighted by molar-refractivity contribution is -0.119. The Hall–Kier alpha value is -0.420. The maximum atomic E-state index is 11.2. The van der Waals surface area contributed by atoms with Gasteiger partial charge in [0.1, 0.15) is 5.57 Å². The molecule has 0 aliphatic carbocycles. The van der Waals surface area contributed by atoms with E-state index in [1.54, 1.807) is 0 Å². The van der Waals surface area contributed by atoms with Crippen molar-refractivity contribution in [2.45, 2.75) is 20.8 Å². The van der Waals surface area contributed by atoms with Crippen molar-refractivity contribution < 1.29 is 9.59 Å². The highest BCUT2D eigenvalue weighted by molar-refractivity contribution is 8.22. The number of primary amides is 1. The molecule has 0 aromatic carbocycles. The quantitative estimate of drug-likeness (QED) is 0.431. The summed E-state index contributed by atoms with van der Waals surface area (Å²) in [5, 5.41) is 0. The van der Waals surface area contributed by atoms with Crippen LogP contribution in [0.25, 0.3) is 0 Å². The fourth-order valence-corrected chi connectivity index (χ4v) is 3.21. The van der Waals surface area contributed by atoms with E-state index in [1.807, 2.05) is 13.8 Å². The average molecular weight is 233 g/mol. The summed E-state index contributed by atoms with van der Waals surface area (Å²) in [5.74, 6) is 0.766. The van der Waals surface area contributed by atoms with Crippen LogP contribution in [0, 0.1) is 0 Å². The number of amides is 1. The number of nitrogens with two attached hydrogens (primary N) is 1. The standard InChI is InChI=1S/C9H15NO2S2/c1-4-13-9(14-5-2)7(6(3)11)8(10)12/h4-5H2,1-3H3,(H2,10,12). The van der Waals surface area contributed by atoms with E-state index in [2.05, 4.69) is 0 Å². The first-order valence-corrected chi connectivity index (χ1v) is 6.32. The minimum absolute atomic E-state index is 0.142. The summed E-state index contributed by atoms with van der Waals surface area (Å²) < 4.78 is 0.745. The molecule has 0 bridgehead atoms. The molecule has 2 N–H and O–H groups in total. The molecule has 0 unspecified atom stereocenters. The third-order valence-electron chi connectivity index (χ3n) is 1.35. The molecule has 0 spiro atoms. The summed E-state index contributed by atoms with van der Waals surface area (Å²) in [7, 11) is 0. The molecule has 0 aliphatic rings. The second-order valence-electron chi connectivity index (χ2n) is 2.45. The lowest BCUT2D eigenvalue weighted by atomic mass is 10.2. The molecule has 3 nitrogen and oxygen atoms in total. The lowest BCUT2D eigenvalue weighted by Crippen LogP contribution is -2.20. The van der Waals surface area contributed by atoms with Crippen molar-refractivity contribution in [3.05, 3.63) is 9.81 Å². The maximum Gasteiger partial charge on any atom is 0.253 e. The molecule has 1 amide bonds. The third-order valence-corrected chi connectivity index (χ3v) is 3.57. The lowest BCUT2D eigenvalue weighted by Gasteiger charge is -2.07. The van der Waals surface area contributed by atoms with Gasteiger partial charge < -0.3 is 5.73 Å². The van der Waals surface area contributed by atoms with Crippen molar-refractivity contribution in [2.24, 2.45) is 5.73 Å². The number of ketones is 1. The number of rotatable bonds is 6. The van der Waals surface area contributed by atoms with Crippen LogP contribution >= 0.6 is 23.5 Å². The monoisotopic (exact) mass is 233 g/mol. The highest BCUT2D eigenvalue weighted by Crippen LogP contribution is 2.31. The van der Waals surface area contributed by atoms with Crippen LogP contribution in [0.15, 0.2) is 9.81 Å². The van der Waals surface area contributed by atoms with Crippen molar-refractivity contribution in [1.29, 1.82) is 0 Å². The van der Waals surface area contributed by atoms with Crippen molar-refractivity contribution in [3.8, 4) is 0 Å². The van der Waals surface area contributed by atoms with Crippen LogP contribution in [-0.4, -0.2) is 23.2 Å². The third kappa shape index (κ3) is 4.19. The molecule has 0 saturated carbocycles. The van der Waals surface area contributed by atoms with E-state index in [1.165, 1.54) is 30.4 Å². The topological polar surface area (TPSA) is 60.2 Å². The minimum atomic E-state index is -0.630. The Morgan fingerprint density at radius 1 is 1.14 bits per heavy atom. The molecule has 0 aromatic heterocycles. The summed E-state index contributed by atoms with van der Waals surface area (Å²) in [6.45, 7) is 5.31.